The number of methoxy groups -OCH3 is 1. The molecule has 2 aromatic rings. The van der Waals surface area contributed by atoms with Gasteiger partial charge in [-0.25, -0.2) is 9.98 Å². The molecule has 1 aromatic heterocycles. The summed E-state index contributed by atoms with van der Waals surface area (Å²) < 4.78 is 5.24. The normalized spacial score (nSPS) is 18.0. The number of ether oxygens (including phenoxy) is 1. The summed E-state index contributed by atoms with van der Waals surface area (Å²) in [5.41, 5.74) is 6.25. The van der Waals surface area contributed by atoms with Crippen molar-refractivity contribution in [3.63, 3.8) is 0 Å². The van der Waals surface area contributed by atoms with Gasteiger partial charge in [-0.15, -0.1) is 0 Å². The summed E-state index contributed by atoms with van der Waals surface area (Å²) in [5, 5.41) is 3.72. The lowest BCUT2D eigenvalue weighted by Crippen LogP contribution is -2.19. The number of nitrogens with zero attached hydrogens (tertiary/aromatic N) is 2. The fraction of sp³-hybridized carbons (Fsp3) is 0.0714. The van der Waals surface area contributed by atoms with Crippen molar-refractivity contribution in [3.05, 3.63) is 40.2 Å². The molecular weight excluding hydrogens is 320 g/mol. The Morgan fingerprint density at radius 2 is 2.23 bits per heavy atom. The van der Waals surface area contributed by atoms with Crippen molar-refractivity contribution in [2.75, 3.05) is 12.8 Å². The number of amides is 1. The topological polar surface area (TPSA) is 89.6 Å². The van der Waals surface area contributed by atoms with Gasteiger partial charge in [0.2, 0.25) is 0 Å². The number of thiazole rings is 1. The van der Waals surface area contributed by atoms with Crippen LogP contribution in [0.1, 0.15) is 4.88 Å². The predicted octanol–water partition coefficient (Wildman–Crippen LogP) is 2.63. The SMILES string of the molecule is COc1ccccc1N=C1NC(=O)C(=Cc2cnc(N)s2)S1. The van der Waals surface area contributed by atoms with Crippen LogP contribution in [0.25, 0.3) is 6.08 Å². The predicted molar refractivity (Wildman–Crippen MR) is 90.3 cm³/mol. The zero-order chi connectivity index (χ0) is 15.5. The highest BCUT2D eigenvalue weighted by Gasteiger charge is 2.24. The van der Waals surface area contributed by atoms with Gasteiger partial charge >= 0.3 is 0 Å². The number of benzene rings is 1. The molecule has 0 saturated carbocycles. The van der Waals surface area contributed by atoms with Gasteiger partial charge in [0.15, 0.2) is 10.3 Å². The van der Waals surface area contributed by atoms with E-state index in [1.54, 1.807) is 19.4 Å². The lowest BCUT2D eigenvalue weighted by Gasteiger charge is -2.03. The number of para-hydroxylation sites is 2. The first-order valence-electron chi connectivity index (χ1n) is 6.29. The third-order valence-electron chi connectivity index (χ3n) is 2.77. The number of thioether (sulfide) groups is 1. The third kappa shape index (κ3) is 3.12. The summed E-state index contributed by atoms with van der Waals surface area (Å²) in [5.74, 6) is 0.461. The maximum absolute atomic E-state index is 12.0. The fourth-order valence-corrected chi connectivity index (χ4v) is 3.34. The summed E-state index contributed by atoms with van der Waals surface area (Å²) in [6.07, 6.45) is 3.38. The van der Waals surface area contributed by atoms with E-state index < -0.39 is 0 Å². The summed E-state index contributed by atoms with van der Waals surface area (Å²) in [6.45, 7) is 0. The van der Waals surface area contributed by atoms with E-state index >= 15 is 0 Å². The van der Waals surface area contributed by atoms with Gasteiger partial charge in [-0.05, 0) is 30.0 Å². The zero-order valence-electron chi connectivity index (χ0n) is 11.6. The number of nitrogens with two attached hydrogens (primary N) is 1. The number of carbonyl (C=O) groups excluding carboxylic acids is 1. The van der Waals surface area contributed by atoms with Crippen LogP contribution in [0.4, 0.5) is 10.8 Å². The second kappa shape index (κ2) is 6.20. The van der Waals surface area contributed by atoms with E-state index in [0.717, 1.165) is 4.88 Å². The smallest absolute Gasteiger partial charge is 0.264 e. The van der Waals surface area contributed by atoms with Crippen LogP contribution >= 0.6 is 23.1 Å². The fourth-order valence-electron chi connectivity index (χ4n) is 1.81. The molecule has 1 saturated heterocycles. The van der Waals surface area contributed by atoms with E-state index in [0.29, 0.717) is 26.6 Å². The molecule has 0 unspecified atom stereocenters. The monoisotopic (exact) mass is 332 g/mol. The second-order valence-corrected chi connectivity index (χ2v) is 6.38. The molecule has 0 spiro atoms. The largest absolute Gasteiger partial charge is 0.494 e. The minimum Gasteiger partial charge on any atom is -0.494 e. The van der Waals surface area contributed by atoms with Crippen molar-refractivity contribution in [3.8, 4) is 5.75 Å². The standard InChI is InChI=1S/C14H12N4O2S2/c1-20-10-5-3-2-4-9(10)17-14-18-12(19)11(22-14)6-8-7-16-13(15)21-8/h2-7H,1H3,(H2,15,16)(H,17,18,19). The van der Waals surface area contributed by atoms with Crippen LogP contribution < -0.4 is 15.8 Å². The van der Waals surface area contributed by atoms with Crippen LogP contribution in [-0.4, -0.2) is 23.2 Å². The average molecular weight is 332 g/mol. The van der Waals surface area contributed by atoms with E-state index in [9.17, 15) is 4.79 Å². The Morgan fingerprint density at radius 1 is 1.41 bits per heavy atom. The van der Waals surface area contributed by atoms with Crippen LogP contribution in [0.3, 0.4) is 0 Å². The molecule has 1 aliphatic rings. The Labute approximate surface area is 135 Å². The van der Waals surface area contributed by atoms with E-state index in [1.165, 1.54) is 23.1 Å². The molecule has 1 fully saturated rings. The van der Waals surface area contributed by atoms with Gasteiger partial charge in [0.25, 0.3) is 5.91 Å². The minimum absolute atomic E-state index is 0.189. The highest BCUT2D eigenvalue weighted by atomic mass is 32.2. The molecule has 1 aromatic carbocycles. The first kappa shape index (κ1) is 14.6. The Kier molecular flexibility index (Phi) is 4.12. The molecular formula is C14H12N4O2S2. The molecule has 0 atom stereocenters. The minimum atomic E-state index is -0.189. The molecule has 3 rings (SSSR count). The first-order valence-corrected chi connectivity index (χ1v) is 7.93. The second-order valence-electron chi connectivity index (χ2n) is 4.25. The number of nitrogens with one attached hydrogen (secondary N) is 1. The number of rotatable bonds is 3. The molecule has 1 aliphatic heterocycles. The summed E-state index contributed by atoms with van der Waals surface area (Å²) in [4.78, 5) is 21.7. The molecule has 1 amide bonds. The van der Waals surface area contributed by atoms with Gasteiger partial charge in [0.05, 0.1) is 16.9 Å². The molecule has 0 radical (unpaired) electrons. The van der Waals surface area contributed by atoms with Gasteiger partial charge in [0, 0.05) is 6.20 Å². The molecule has 8 heteroatoms. The molecule has 6 nitrogen and oxygen atoms in total. The van der Waals surface area contributed by atoms with Gasteiger partial charge < -0.3 is 15.8 Å². The number of anilines is 1. The third-order valence-corrected chi connectivity index (χ3v) is 4.46. The van der Waals surface area contributed by atoms with Crippen molar-refractivity contribution in [1.29, 1.82) is 0 Å². The van der Waals surface area contributed by atoms with E-state index in [1.807, 2.05) is 24.3 Å². The lowest BCUT2D eigenvalue weighted by atomic mass is 10.3. The number of aliphatic imine (C=N–C) groups is 1. The van der Waals surface area contributed by atoms with Crippen LogP contribution in [0.5, 0.6) is 5.75 Å². The Balaban J connectivity index is 1.85. The molecule has 2 heterocycles. The van der Waals surface area contributed by atoms with Crippen molar-refractivity contribution in [2.24, 2.45) is 4.99 Å². The molecule has 0 bridgehead atoms. The van der Waals surface area contributed by atoms with Crippen molar-refractivity contribution < 1.29 is 9.53 Å². The summed E-state index contributed by atoms with van der Waals surface area (Å²) in [7, 11) is 1.58. The van der Waals surface area contributed by atoms with Gasteiger partial charge in [-0.3, -0.25) is 4.79 Å². The van der Waals surface area contributed by atoms with E-state index in [4.69, 9.17) is 10.5 Å². The molecule has 3 N–H and O–H groups in total. The van der Waals surface area contributed by atoms with E-state index in [2.05, 4.69) is 15.3 Å². The van der Waals surface area contributed by atoms with Crippen molar-refractivity contribution >= 4 is 51.1 Å². The number of nitrogen functional groups attached to an aromatic ring is 1. The Morgan fingerprint density at radius 3 is 2.95 bits per heavy atom. The average Bonchev–Trinajstić information content (AvgIpc) is 3.06. The van der Waals surface area contributed by atoms with Gasteiger partial charge in [-0.2, -0.15) is 0 Å². The Hall–Kier alpha value is -2.32. The number of carbonyl (C=O) groups is 1. The number of hydrogen-bond acceptors (Lipinski definition) is 7. The van der Waals surface area contributed by atoms with Gasteiger partial charge in [0.1, 0.15) is 11.4 Å². The molecule has 0 aliphatic carbocycles. The Bertz CT molecular complexity index is 783. The van der Waals surface area contributed by atoms with Crippen LogP contribution in [0.15, 0.2) is 40.4 Å². The van der Waals surface area contributed by atoms with Crippen molar-refractivity contribution in [1.82, 2.24) is 10.3 Å². The van der Waals surface area contributed by atoms with Crippen LogP contribution in [0, 0.1) is 0 Å². The van der Waals surface area contributed by atoms with Crippen LogP contribution in [-0.2, 0) is 4.79 Å². The highest BCUT2D eigenvalue weighted by molar-refractivity contribution is 8.18. The zero-order valence-corrected chi connectivity index (χ0v) is 13.2. The number of amidine groups is 1. The van der Waals surface area contributed by atoms with Crippen LogP contribution in [0.2, 0.25) is 0 Å². The number of aromatic nitrogens is 1. The maximum Gasteiger partial charge on any atom is 0.264 e. The van der Waals surface area contributed by atoms with Crippen molar-refractivity contribution in [2.45, 2.75) is 0 Å². The summed E-state index contributed by atoms with van der Waals surface area (Å²) >= 11 is 2.59. The van der Waals surface area contributed by atoms with E-state index in [-0.39, 0.29) is 5.91 Å². The highest BCUT2D eigenvalue weighted by Crippen LogP contribution is 2.32. The lowest BCUT2D eigenvalue weighted by molar-refractivity contribution is -0.115. The maximum atomic E-state index is 12.0. The quantitative estimate of drug-likeness (QED) is 0.843. The first-order chi connectivity index (χ1) is 10.7. The van der Waals surface area contributed by atoms with Gasteiger partial charge in [-0.1, -0.05) is 23.5 Å². The number of hydrogen-bond donors (Lipinski definition) is 2. The molecule has 112 valence electrons. The summed E-state index contributed by atoms with van der Waals surface area (Å²) in [6, 6.07) is 7.37. The molecule has 22 heavy (non-hydrogen) atoms.